The van der Waals surface area contributed by atoms with Crippen molar-refractivity contribution in [2.75, 3.05) is 11.9 Å². The van der Waals surface area contributed by atoms with Crippen LogP contribution in [-0.4, -0.2) is 38.7 Å². The van der Waals surface area contributed by atoms with Gasteiger partial charge in [-0.25, -0.2) is 4.98 Å². The smallest absolute Gasteiger partial charge is 0.326 e. The summed E-state index contributed by atoms with van der Waals surface area (Å²) in [4.78, 5) is 34.7. The number of carbonyl (C=O) groups excluding carboxylic acids is 2. The molecule has 1 saturated heterocycles. The molecule has 1 fully saturated rings. The Kier molecular flexibility index (Phi) is 6.38. The molecule has 1 aromatic heterocycles. The largest absolute Gasteiger partial charge is 0.416 e. The normalized spacial score (nSPS) is 18.3. The molecule has 3 rings (SSSR count). The molecule has 1 atom stereocenters. The zero-order valence-electron chi connectivity index (χ0n) is 14.8. The van der Waals surface area contributed by atoms with Crippen LogP contribution < -0.4 is 5.32 Å². The molecule has 0 bridgehead atoms. The Morgan fingerprint density at radius 1 is 1.41 bits per heavy atom. The number of nitrogens with zero attached hydrogens (tertiary/aromatic N) is 3. The molecule has 2 amide bonds. The first-order valence-corrected chi connectivity index (χ1v) is 10.1. The summed E-state index contributed by atoms with van der Waals surface area (Å²) in [5, 5.41) is 4.31. The molecule has 152 valence electrons. The van der Waals surface area contributed by atoms with Crippen LogP contribution in [0.1, 0.15) is 12.0 Å². The zero-order chi connectivity index (χ0) is 21.0. The van der Waals surface area contributed by atoms with Crippen molar-refractivity contribution in [3.8, 4) is 0 Å². The highest BCUT2D eigenvalue weighted by Gasteiger charge is 2.39. The maximum absolute atomic E-state index is 12.8. The van der Waals surface area contributed by atoms with Crippen LogP contribution in [0.25, 0.3) is 0 Å². The molecule has 1 aromatic carbocycles. The number of anilines is 1. The standard InChI is InChI=1S/C18H15F3N4O2S2/c1-2-7-25-15(27)13(29-17(25)24-16-22-6-8-28-16)10-14(26)23-12-5-3-4-11(9-12)18(19,20)21/h2-6,8-9,13H,1,7,10H2,(H,23,26)/t13-/m0/s1. The van der Waals surface area contributed by atoms with Crippen molar-refractivity contribution in [2.24, 2.45) is 4.99 Å². The summed E-state index contributed by atoms with van der Waals surface area (Å²) >= 11 is 2.42. The molecular weight excluding hydrogens is 425 g/mol. The quantitative estimate of drug-likeness (QED) is 0.680. The summed E-state index contributed by atoms with van der Waals surface area (Å²) in [5.41, 5.74) is -0.850. The Morgan fingerprint density at radius 2 is 2.21 bits per heavy atom. The summed E-state index contributed by atoms with van der Waals surface area (Å²) < 4.78 is 38.4. The lowest BCUT2D eigenvalue weighted by molar-refractivity contribution is -0.137. The van der Waals surface area contributed by atoms with Gasteiger partial charge in [-0.2, -0.15) is 18.2 Å². The van der Waals surface area contributed by atoms with Crippen molar-refractivity contribution in [1.82, 2.24) is 9.88 Å². The number of amidine groups is 1. The van der Waals surface area contributed by atoms with Gasteiger partial charge in [0.1, 0.15) is 5.25 Å². The number of hydrogen-bond acceptors (Lipinski definition) is 6. The SMILES string of the molecule is C=CCN1C(=O)[C@H](CC(=O)Nc2cccc(C(F)(F)F)c2)SC1=Nc1nccs1. The van der Waals surface area contributed by atoms with Gasteiger partial charge in [-0.15, -0.1) is 17.9 Å². The highest BCUT2D eigenvalue weighted by Crippen LogP contribution is 2.33. The Bertz CT molecular complexity index is 945. The van der Waals surface area contributed by atoms with E-state index in [9.17, 15) is 22.8 Å². The van der Waals surface area contributed by atoms with Crippen molar-refractivity contribution in [1.29, 1.82) is 0 Å². The topological polar surface area (TPSA) is 74.7 Å². The Hall–Kier alpha value is -2.66. The zero-order valence-corrected chi connectivity index (χ0v) is 16.5. The number of halogens is 3. The van der Waals surface area contributed by atoms with Crippen molar-refractivity contribution in [3.05, 3.63) is 54.1 Å². The molecule has 11 heteroatoms. The third-order valence-corrected chi connectivity index (χ3v) is 5.63. The van der Waals surface area contributed by atoms with E-state index in [1.54, 1.807) is 17.7 Å². The third kappa shape index (κ3) is 5.24. The van der Waals surface area contributed by atoms with E-state index in [0.29, 0.717) is 10.3 Å². The van der Waals surface area contributed by atoms with Crippen LogP contribution in [-0.2, 0) is 15.8 Å². The van der Waals surface area contributed by atoms with Crippen LogP contribution in [0.3, 0.4) is 0 Å². The summed E-state index contributed by atoms with van der Waals surface area (Å²) in [6, 6.07) is 4.33. The van der Waals surface area contributed by atoms with Gasteiger partial charge in [0.25, 0.3) is 0 Å². The maximum Gasteiger partial charge on any atom is 0.416 e. The first kappa shape index (κ1) is 21.1. The summed E-state index contributed by atoms with van der Waals surface area (Å²) in [6.45, 7) is 3.84. The van der Waals surface area contributed by atoms with Gasteiger partial charge in [0.2, 0.25) is 16.9 Å². The number of hydrogen-bond donors (Lipinski definition) is 1. The number of thioether (sulfide) groups is 1. The van der Waals surface area contributed by atoms with Gasteiger partial charge in [-0.05, 0) is 18.2 Å². The molecule has 0 saturated carbocycles. The van der Waals surface area contributed by atoms with E-state index >= 15 is 0 Å². The van der Waals surface area contributed by atoms with Gasteiger partial charge < -0.3 is 5.32 Å². The van der Waals surface area contributed by atoms with E-state index in [0.717, 1.165) is 23.9 Å². The molecule has 1 aliphatic heterocycles. The minimum atomic E-state index is -4.51. The number of aliphatic imine (C=N–C) groups is 1. The summed E-state index contributed by atoms with van der Waals surface area (Å²) in [5.74, 6) is -0.881. The average Bonchev–Trinajstić information content (AvgIpc) is 3.26. The lowest BCUT2D eigenvalue weighted by Crippen LogP contribution is -2.33. The number of alkyl halides is 3. The van der Waals surface area contributed by atoms with Crippen molar-refractivity contribution in [3.63, 3.8) is 0 Å². The number of benzene rings is 1. The molecule has 2 heterocycles. The molecule has 1 N–H and O–H groups in total. The van der Waals surface area contributed by atoms with Gasteiger partial charge in [0.15, 0.2) is 5.17 Å². The van der Waals surface area contributed by atoms with Gasteiger partial charge in [-0.3, -0.25) is 14.5 Å². The Labute approximate surface area is 172 Å². The maximum atomic E-state index is 12.8. The van der Waals surface area contributed by atoms with Gasteiger partial charge >= 0.3 is 6.18 Å². The first-order chi connectivity index (χ1) is 13.8. The molecule has 0 aliphatic carbocycles. The predicted octanol–water partition coefficient (Wildman–Crippen LogP) is 4.31. The predicted molar refractivity (Wildman–Crippen MR) is 107 cm³/mol. The second-order valence-electron chi connectivity index (χ2n) is 5.88. The Balaban J connectivity index is 1.70. The molecule has 6 nitrogen and oxygen atoms in total. The van der Waals surface area contributed by atoms with Gasteiger partial charge in [0, 0.05) is 30.2 Å². The van der Waals surface area contributed by atoms with Crippen molar-refractivity contribution in [2.45, 2.75) is 17.8 Å². The second kappa shape index (κ2) is 8.78. The lowest BCUT2D eigenvalue weighted by Gasteiger charge is -2.13. The number of nitrogens with one attached hydrogen (secondary N) is 1. The summed E-state index contributed by atoms with van der Waals surface area (Å²) in [6.07, 6.45) is -1.58. The molecule has 29 heavy (non-hydrogen) atoms. The van der Waals surface area contributed by atoms with Gasteiger partial charge in [-0.1, -0.05) is 23.9 Å². The highest BCUT2D eigenvalue weighted by atomic mass is 32.2. The van der Waals surface area contributed by atoms with E-state index in [1.807, 2.05) is 0 Å². The van der Waals surface area contributed by atoms with Crippen LogP contribution in [0.15, 0.2) is 53.5 Å². The molecule has 0 unspecified atom stereocenters. The van der Waals surface area contributed by atoms with Crippen molar-refractivity contribution < 1.29 is 22.8 Å². The van der Waals surface area contributed by atoms with E-state index < -0.39 is 22.9 Å². The van der Waals surface area contributed by atoms with E-state index in [2.05, 4.69) is 21.9 Å². The molecule has 2 aromatic rings. The minimum absolute atomic E-state index is 0.0138. The number of aromatic nitrogens is 1. The van der Waals surface area contributed by atoms with Gasteiger partial charge in [0.05, 0.1) is 5.56 Å². The summed E-state index contributed by atoms with van der Waals surface area (Å²) in [7, 11) is 0. The number of amides is 2. The Morgan fingerprint density at radius 3 is 2.86 bits per heavy atom. The van der Waals surface area contributed by atoms with Crippen LogP contribution in [0.5, 0.6) is 0 Å². The molecule has 1 aliphatic rings. The monoisotopic (exact) mass is 440 g/mol. The fourth-order valence-electron chi connectivity index (χ4n) is 2.53. The molecule has 0 spiro atoms. The van der Waals surface area contributed by atoms with Crippen molar-refractivity contribution >= 4 is 50.9 Å². The number of carbonyl (C=O) groups is 2. The number of rotatable bonds is 6. The first-order valence-electron chi connectivity index (χ1n) is 8.32. The van der Waals surface area contributed by atoms with E-state index in [1.165, 1.54) is 28.4 Å². The molecular formula is C18H15F3N4O2S2. The number of thiazole rings is 1. The van der Waals surface area contributed by atoms with Crippen LogP contribution in [0.4, 0.5) is 24.0 Å². The average molecular weight is 440 g/mol. The van der Waals surface area contributed by atoms with Crippen LogP contribution >= 0.6 is 23.1 Å². The second-order valence-corrected chi connectivity index (χ2v) is 7.93. The fraction of sp³-hybridized carbons (Fsp3) is 0.222. The van der Waals surface area contributed by atoms with E-state index in [4.69, 9.17) is 0 Å². The third-order valence-electron chi connectivity index (χ3n) is 3.79. The molecule has 0 radical (unpaired) electrons. The minimum Gasteiger partial charge on any atom is -0.326 e. The fourth-order valence-corrected chi connectivity index (χ4v) is 4.24. The van der Waals surface area contributed by atoms with E-state index in [-0.39, 0.29) is 24.6 Å². The van der Waals surface area contributed by atoms with Crippen LogP contribution in [0, 0.1) is 0 Å². The highest BCUT2D eigenvalue weighted by molar-refractivity contribution is 8.15. The van der Waals surface area contributed by atoms with Crippen LogP contribution in [0.2, 0.25) is 0 Å². The lowest BCUT2D eigenvalue weighted by atomic mass is 10.2.